The first-order valence-corrected chi connectivity index (χ1v) is 9.83. The van der Waals surface area contributed by atoms with E-state index >= 15 is 0 Å². The molecule has 9 heteroatoms. The fraction of sp³-hybridized carbons (Fsp3) is 0.143. The Morgan fingerprint density at radius 3 is 2.17 bits per heavy atom. The monoisotopic (exact) mass is 374 g/mol. The fourth-order valence-corrected chi connectivity index (χ4v) is 4.59. The summed E-state index contributed by atoms with van der Waals surface area (Å²) in [7, 11) is -8.11. The Bertz CT molecular complexity index is 941. The molecule has 0 radical (unpaired) electrons. The molecule has 0 fully saturated rings. The molecular formula is C14H15ClN2O4S2. The molecule has 0 aliphatic rings. The zero-order valence-electron chi connectivity index (χ0n) is 12.4. The van der Waals surface area contributed by atoms with E-state index < -0.39 is 20.0 Å². The largest absolute Gasteiger partial charge is 0.254 e. The third kappa shape index (κ3) is 4.30. The van der Waals surface area contributed by atoms with Gasteiger partial charge in [-0.2, -0.15) is 0 Å². The highest BCUT2D eigenvalue weighted by Crippen LogP contribution is 2.17. The van der Waals surface area contributed by atoms with Gasteiger partial charge in [-0.15, -0.1) is 9.66 Å². The predicted octanol–water partition coefficient (Wildman–Crippen LogP) is 2.13. The van der Waals surface area contributed by atoms with Crippen LogP contribution in [-0.2, 0) is 20.0 Å². The minimum Gasteiger partial charge on any atom is -0.206 e. The molecule has 0 aliphatic carbocycles. The van der Waals surface area contributed by atoms with Crippen LogP contribution in [0, 0.1) is 13.8 Å². The van der Waals surface area contributed by atoms with Crippen molar-refractivity contribution in [2.75, 3.05) is 0 Å². The summed E-state index contributed by atoms with van der Waals surface area (Å²) in [6, 6.07) is 10.4. The first-order chi connectivity index (χ1) is 10.6. The van der Waals surface area contributed by atoms with E-state index in [2.05, 4.69) is 0 Å². The van der Waals surface area contributed by atoms with Crippen LogP contribution in [0.4, 0.5) is 0 Å². The zero-order chi connectivity index (χ0) is 17.3. The quantitative estimate of drug-likeness (QED) is 0.784. The second-order valence-electron chi connectivity index (χ2n) is 4.94. The molecule has 0 bridgehead atoms. The van der Waals surface area contributed by atoms with Gasteiger partial charge in [0.05, 0.1) is 9.79 Å². The molecule has 0 spiro atoms. The second-order valence-corrected chi connectivity index (χ2v) is 8.71. The minimum atomic E-state index is -4.07. The Labute approximate surface area is 140 Å². The van der Waals surface area contributed by atoms with Crippen LogP contribution in [0.15, 0.2) is 52.3 Å². The van der Waals surface area contributed by atoms with Crippen LogP contribution < -0.4 is 9.66 Å². The van der Waals surface area contributed by atoms with Crippen LogP contribution in [0.1, 0.15) is 11.1 Å². The first kappa shape index (κ1) is 17.9. The molecule has 124 valence electrons. The fourth-order valence-electron chi connectivity index (χ4n) is 1.85. The van der Waals surface area contributed by atoms with Crippen LogP contribution >= 0.6 is 11.6 Å². The Balaban J connectivity index is 2.27. The van der Waals surface area contributed by atoms with Crippen LogP contribution in [0.2, 0.25) is 5.02 Å². The number of halogens is 1. The lowest BCUT2D eigenvalue weighted by molar-refractivity contribution is 0.557. The molecule has 23 heavy (non-hydrogen) atoms. The molecule has 0 amide bonds. The highest BCUT2D eigenvalue weighted by atomic mass is 35.5. The number of benzene rings is 2. The van der Waals surface area contributed by atoms with Gasteiger partial charge in [0.2, 0.25) is 0 Å². The van der Waals surface area contributed by atoms with E-state index in [4.69, 9.17) is 11.6 Å². The molecule has 2 aromatic carbocycles. The second kappa shape index (κ2) is 6.58. The number of sulfonamides is 2. The Kier molecular flexibility index (Phi) is 5.12. The Morgan fingerprint density at radius 2 is 1.52 bits per heavy atom. The van der Waals surface area contributed by atoms with E-state index in [0.29, 0.717) is 5.56 Å². The van der Waals surface area contributed by atoms with Crippen molar-refractivity contribution < 1.29 is 16.8 Å². The summed E-state index contributed by atoms with van der Waals surface area (Å²) in [5.74, 6) is 0. The number of aryl methyl sites for hydroxylation is 2. The predicted molar refractivity (Wildman–Crippen MR) is 88.0 cm³/mol. The van der Waals surface area contributed by atoms with Gasteiger partial charge in [-0.25, -0.2) is 16.8 Å². The maximum Gasteiger partial charge on any atom is 0.254 e. The van der Waals surface area contributed by atoms with E-state index in [1.165, 1.54) is 30.3 Å². The molecule has 0 saturated heterocycles. The van der Waals surface area contributed by atoms with Crippen molar-refractivity contribution in [2.24, 2.45) is 0 Å². The van der Waals surface area contributed by atoms with E-state index in [1.54, 1.807) is 26.0 Å². The highest BCUT2D eigenvalue weighted by Gasteiger charge is 2.21. The summed E-state index contributed by atoms with van der Waals surface area (Å²) in [6.07, 6.45) is 0. The van der Waals surface area contributed by atoms with Crippen molar-refractivity contribution in [3.8, 4) is 0 Å². The molecule has 0 heterocycles. The lowest BCUT2D eigenvalue weighted by Crippen LogP contribution is -2.41. The molecule has 0 atom stereocenters. The lowest BCUT2D eigenvalue weighted by atomic mass is 10.2. The van der Waals surface area contributed by atoms with Crippen molar-refractivity contribution >= 4 is 31.6 Å². The summed E-state index contributed by atoms with van der Waals surface area (Å²) < 4.78 is 48.8. The third-order valence-corrected chi connectivity index (χ3v) is 6.05. The van der Waals surface area contributed by atoms with E-state index in [9.17, 15) is 16.8 Å². The summed E-state index contributed by atoms with van der Waals surface area (Å²) >= 11 is 5.74. The zero-order valence-corrected chi connectivity index (χ0v) is 14.8. The standard InChI is InChI=1S/C14H15ClN2O4S2/c1-10-6-7-11(2)14(8-10)23(20,21)17-16-22(18,19)13-5-3-4-12(15)9-13/h3-9,16-17H,1-2H3. The van der Waals surface area contributed by atoms with Gasteiger partial charge in [0, 0.05) is 5.02 Å². The number of hydrogen-bond acceptors (Lipinski definition) is 4. The average Bonchev–Trinajstić information content (AvgIpc) is 2.48. The van der Waals surface area contributed by atoms with Crippen LogP contribution in [0.5, 0.6) is 0 Å². The highest BCUT2D eigenvalue weighted by molar-refractivity contribution is 7.92. The van der Waals surface area contributed by atoms with Crippen molar-refractivity contribution in [1.29, 1.82) is 0 Å². The third-order valence-electron chi connectivity index (χ3n) is 3.05. The van der Waals surface area contributed by atoms with E-state index in [0.717, 1.165) is 5.56 Å². The van der Waals surface area contributed by atoms with Crippen molar-refractivity contribution in [1.82, 2.24) is 9.66 Å². The Hall–Kier alpha value is -1.45. The number of hydrazine groups is 1. The van der Waals surface area contributed by atoms with Crippen molar-refractivity contribution in [3.63, 3.8) is 0 Å². The van der Waals surface area contributed by atoms with Crippen LogP contribution in [0.25, 0.3) is 0 Å². The number of hydrogen-bond donors (Lipinski definition) is 2. The molecule has 2 rings (SSSR count). The van der Waals surface area contributed by atoms with Crippen LogP contribution in [0.3, 0.4) is 0 Å². The summed E-state index contributed by atoms with van der Waals surface area (Å²) in [4.78, 5) is 3.62. The van der Waals surface area contributed by atoms with Crippen LogP contribution in [-0.4, -0.2) is 16.8 Å². The van der Waals surface area contributed by atoms with Gasteiger partial charge in [-0.3, -0.25) is 0 Å². The van der Waals surface area contributed by atoms with Gasteiger partial charge in [-0.1, -0.05) is 29.8 Å². The Morgan fingerprint density at radius 1 is 0.870 bits per heavy atom. The van der Waals surface area contributed by atoms with E-state index in [1.807, 2.05) is 9.66 Å². The molecule has 0 unspecified atom stereocenters. The molecular weight excluding hydrogens is 360 g/mol. The average molecular weight is 375 g/mol. The topological polar surface area (TPSA) is 92.3 Å². The maximum absolute atomic E-state index is 12.3. The van der Waals surface area contributed by atoms with Crippen molar-refractivity contribution in [2.45, 2.75) is 23.6 Å². The molecule has 0 saturated carbocycles. The van der Waals surface area contributed by atoms with Crippen molar-refractivity contribution in [3.05, 3.63) is 58.6 Å². The number of nitrogens with one attached hydrogen (secondary N) is 2. The van der Waals surface area contributed by atoms with Gasteiger partial charge in [0.15, 0.2) is 0 Å². The smallest absolute Gasteiger partial charge is 0.206 e. The molecule has 0 aliphatic heterocycles. The molecule has 0 aromatic heterocycles. The number of rotatable bonds is 5. The van der Waals surface area contributed by atoms with Gasteiger partial charge < -0.3 is 0 Å². The summed E-state index contributed by atoms with van der Waals surface area (Å²) in [6.45, 7) is 3.37. The van der Waals surface area contributed by atoms with Gasteiger partial charge in [-0.05, 0) is 49.2 Å². The molecule has 6 nitrogen and oxygen atoms in total. The molecule has 2 N–H and O–H groups in total. The van der Waals surface area contributed by atoms with E-state index in [-0.39, 0.29) is 14.8 Å². The normalized spacial score (nSPS) is 12.3. The van der Waals surface area contributed by atoms with Gasteiger partial charge in [0.1, 0.15) is 0 Å². The molecule has 2 aromatic rings. The van der Waals surface area contributed by atoms with Gasteiger partial charge in [0.25, 0.3) is 20.0 Å². The minimum absolute atomic E-state index is 0.00583. The maximum atomic E-state index is 12.3. The van der Waals surface area contributed by atoms with Gasteiger partial charge >= 0.3 is 0 Å². The summed E-state index contributed by atoms with van der Waals surface area (Å²) in [5, 5.41) is 0.227. The lowest BCUT2D eigenvalue weighted by Gasteiger charge is -2.11. The SMILES string of the molecule is Cc1ccc(C)c(S(=O)(=O)NNS(=O)(=O)c2cccc(Cl)c2)c1. The first-order valence-electron chi connectivity index (χ1n) is 6.48. The summed E-state index contributed by atoms with van der Waals surface area (Å²) in [5.41, 5.74) is 1.25.